The zero-order valence-electron chi connectivity index (χ0n) is 19.3. The van der Waals surface area contributed by atoms with Crippen LogP contribution < -0.4 is 21.7 Å². The lowest BCUT2D eigenvalue weighted by molar-refractivity contribution is 0.0547. The van der Waals surface area contributed by atoms with E-state index in [9.17, 15) is 0 Å². The fourth-order valence-corrected chi connectivity index (χ4v) is 4.79. The standard InChI is InChI=1S/C24H37N7O2/c25-9-12-32-14-15-33-13-11-27-23-29-22(26-10-8-18-4-2-1-3-5-18)30-24(31-23)28-21-17-19-6-7-20(21)16-19/h1-5,19-21H,6-17,25H2,(H3,26,27,28,29,30,31). The molecule has 1 aromatic heterocycles. The molecule has 0 saturated heterocycles. The van der Waals surface area contributed by atoms with E-state index in [4.69, 9.17) is 15.2 Å². The average Bonchev–Trinajstić information content (AvgIpc) is 3.45. The Morgan fingerprint density at radius 2 is 1.55 bits per heavy atom. The second-order valence-electron chi connectivity index (χ2n) is 8.83. The van der Waals surface area contributed by atoms with E-state index in [1.54, 1.807) is 0 Å². The van der Waals surface area contributed by atoms with Gasteiger partial charge in [0.05, 0.1) is 26.4 Å². The van der Waals surface area contributed by atoms with Crippen molar-refractivity contribution in [3.63, 3.8) is 0 Å². The topological polar surface area (TPSA) is 119 Å². The summed E-state index contributed by atoms with van der Waals surface area (Å²) in [6, 6.07) is 10.9. The van der Waals surface area contributed by atoms with Crippen molar-refractivity contribution in [1.82, 2.24) is 15.0 Å². The summed E-state index contributed by atoms with van der Waals surface area (Å²) in [5, 5.41) is 10.2. The van der Waals surface area contributed by atoms with Gasteiger partial charge < -0.3 is 31.2 Å². The highest BCUT2D eigenvalue weighted by Crippen LogP contribution is 2.45. The molecule has 180 valence electrons. The van der Waals surface area contributed by atoms with Gasteiger partial charge in [0, 0.05) is 25.7 Å². The van der Waals surface area contributed by atoms with E-state index in [0.29, 0.717) is 63.4 Å². The van der Waals surface area contributed by atoms with Crippen LogP contribution in [0.2, 0.25) is 0 Å². The molecule has 0 radical (unpaired) electrons. The molecule has 2 fully saturated rings. The summed E-state index contributed by atoms with van der Waals surface area (Å²) in [6.45, 7) is 4.10. The summed E-state index contributed by atoms with van der Waals surface area (Å²) in [5.74, 6) is 3.39. The molecule has 3 unspecified atom stereocenters. The Hall–Kier alpha value is -2.49. The number of fused-ring (bicyclic) bond motifs is 2. The van der Waals surface area contributed by atoms with Crippen LogP contribution in [0.5, 0.6) is 0 Å². The van der Waals surface area contributed by atoms with Gasteiger partial charge in [-0.2, -0.15) is 15.0 Å². The number of rotatable bonds is 15. The quantitative estimate of drug-likeness (QED) is 0.300. The van der Waals surface area contributed by atoms with Crippen LogP contribution in [0.25, 0.3) is 0 Å². The normalized spacial score (nSPS) is 21.3. The lowest BCUT2D eigenvalue weighted by Crippen LogP contribution is -2.27. The van der Waals surface area contributed by atoms with Crippen molar-refractivity contribution in [3.8, 4) is 0 Å². The average molecular weight is 456 g/mol. The van der Waals surface area contributed by atoms with Crippen LogP contribution >= 0.6 is 0 Å². The van der Waals surface area contributed by atoms with E-state index in [1.165, 1.54) is 31.2 Å². The smallest absolute Gasteiger partial charge is 0.229 e. The molecule has 5 N–H and O–H groups in total. The third-order valence-electron chi connectivity index (χ3n) is 6.39. The van der Waals surface area contributed by atoms with Crippen molar-refractivity contribution in [3.05, 3.63) is 35.9 Å². The first-order valence-corrected chi connectivity index (χ1v) is 12.2. The minimum Gasteiger partial charge on any atom is -0.378 e. The van der Waals surface area contributed by atoms with Gasteiger partial charge in [0.15, 0.2) is 0 Å². The van der Waals surface area contributed by atoms with Gasteiger partial charge >= 0.3 is 0 Å². The minimum absolute atomic E-state index is 0.466. The molecule has 2 bridgehead atoms. The third kappa shape index (κ3) is 7.52. The van der Waals surface area contributed by atoms with Gasteiger partial charge in [-0.1, -0.05) is 36.8 Å². The molecular weight excluding hydrogens is 418 g/mol. The lowest BCUT2D eigenvalue weighted by Gasteiger charge is -2.23. The third-order valence-corrected chi connectivity index (χ3v) is 6.39. The van der Waals surface area contributed by atoms with Crippen LogP contribution in [-0.4, -0.2) is 67.1 Å². The monoisotopic (exact) mass is 455 g/mol. The molecule has 2 saturated carbocycles. The van der Waals surface area contributed by atoms with Gasteiger partial charge in [-0.25, -0.2) is 0 Å². The van der Waals surface area contributed by atoms with Crippen molar-refractivity contribution in [1.29, 1.82) is 0 Å². The molecule has 2 aliphatic rings. The molecule has 2 aromatic rings. The van der Waals surface area contributed by atoms with Crippen molar-refractivity contribution in [2.75, 3.05) is 62.0 Å². The summed E-state index contributed by atoms with van der Waals surface area (Å²) in [5.41, 5.74) is 6.69. The van der Waals surface area contributed by atoms with Crippen LogP contribution in [0, 0.1) is 11.8 Å². The molecule has 4 rings (SSSR count). The van der Waals surface area contributed by atoms with Crippen molar-refractivity contribution in [2.45, 2.75) is 38.1 Å². The van der Waals surface area contributed by atoms with Gasteiger partial charge in [0.25, 0.3) is 0 Å². The van der Waals surface area contributed by atoms with Crippen LogP contribution in [-0.2, 0) is 15.9 Å². The number of nitrogens with zero attached hydrogens (tertiary/aromatic N) is 3. The molecule has 1 heterocycles. The molecule has 1 aromatic carbocycles. The van der Waals surface area contributed by atoms with Gasteiger partial charge in [-0.3, -0.25) is 0 Å². The summed E-state index contributed by atoms with van der Waals surface area (Å²) in [7, 11) is 0. The first-order chi connectivity index (χ1) is 16.3. The molecule has 33 heavy (non-hydrogen) atoms. The molecule has 0 spiro atoms. The Labute approximate surface area is 196 Å². The fourth-order valence-electron chi connectivity index (χ4n) is 4.79. The molecule has 9 heteroatoms. The van der Waals surface area contributed by atoms with E-state index in [-0.39, 0.29) is 0 Å². The molecule has 2 aliphatic carbocycles. The fraction of sp³-hybridized carbons (Fsp3) is 0.625. The Bertz CT molecular complexity index is 839. The van der Waals surface area contributed by atoms with Gasteiger partial charge in [-0.05, 0) is 43.1 Å². The molecule has 9 nitrogen and oxygen atoms in total. The van der Waals surface area contributed by atoms with E-state index < -0.39 is 0 Å². The number of ether oxygens (including phenoxy) is 2. The van der Waals surface area contributed by atoms with Crippen molar-refractivity contribution in [2.24, 2.45) is 17.6 Å². The van der Waals surface area contributed by atoms with Crippen LogP contribution in [0.4, 0.5) is 17.8 Å². The second-order valence-corrected chi connectivity index (χ2v) is 8.83. The van der Waals surface area contributed by atoms with E-state index >= 15 is 0 Å². The van der Waals surface area contributed by atoms with Gasteiger partial charge in [-0.15, -0.1) is 0 Å². The Morgan fingerprint density at radius 3 is 2.24 bits per heavy atom. The highest BCUT2D eigenvalue weighted by atomic mass is 16.5. The van der Waals surface area contributed by atoms with Crippen molar-refractivity contribution >= 4 is 17.8 Å². The highest BCUT2D eigenvalue weighted by Gasteiger charge is 2.39. The molecule has 0 amide bonds. The number of anilines is 3. The summed E-state index contributed by atoms with van der Waals surface area (Å²) in [4.78, 5) is 13.8. The molecule has 3 atom stereocenters. The summed E-state index contributed by atoms with van der Waals surface area (Å²) >= 11 is 0. The number of nitrogens with one attached hydrogen (secondary N) is 3. The van der Waals surface area contributed by atoms with Gasteiger partial charge in [0.1, 0.15) is 0 Å². The van der Waals surface area contributed by atoms with E-state index in [1.807, 2.05) is 6.07 Å². The first-order valence-electron chi connectivity index (χ1n) is 12.2. The Kier molecular flexibility index (Phi) is 9.08. The van der Waals surface area contributed by atoms with E-state index in [0.717, 1.165) is 24.8 Å². The summed E-state index contributed by atoms with van der Waals surface area (Å²) in [6.07, 6.45) is 6.15. The number of hydrogen-bond donors (Lipinski definition) is 4. The lowest BCUT2D eigenvalue weighted by atomic mass is 9.95. The highest BCUT2D eigenvalue weighted by molar-refractivity contribution is 5.43. The van der Waals surface area contributed by atoms with Crippen LogP contribution in [0.1, 0.15) is 31.2 Å². The Morgan fingerprint density at radius 1 is 0.818 bits per heavy atom. The van der Waals surface area contributed by atoms with E-state index in [2.05, 4.69) is 55.2 Å². The summed E-state index contributed by atoms with van der Waals surface area (Å²) < 4.78 is 10.9. The van der Waals surface area contributed by atoms with Crippen molar-refractivity contribution < 1.29 is 9.47 Å². The maximum atomic E-state index is 5.59. The van der Waals surface area contributed by atoms with Crippen LogP contribution in [0.3, 0.4) is 0 Å². The second kappa shape index (κ2) is 12.7. The number of benzene rings is 1. The number of nitrogens with two attached hydrogens (primary N) is 1. The number of hydrogen-bond acceptors (Lipinski definition) is 9. The number of aromatic nitrogens is 3. The largest absolute Gasteiger partial charge is 0.378 e. The first kappa shape index (κ1) is 23.7. The maximum absolute atomic E-state index is 5.59. The predicted octanol–water partition coefficient (Wildman–Crippen LogP) is 2.53. The zero-order chi connectivity index (χ0) is 22.7. The SMILES string of the molecule is NCCOCCOCCNc1nc(NCCc2ccccc2)nc(NC2CC3CCC2C3)n1. The predicted molar refractivity (Wildman–Crippen MR) is 131 cm³/mol. The molecule has 0 aliphatic heterocycles. The Balaban J connectivity index is 1.30. The minimum atomic E-state index is 0.466. The van der Waals surface area contributed by atoms with Crippen LogP contribution in [0.15, 0.2) is 30.3 Å². The maximum Gasteiger partial charge on any atom is 0.229 e. The zero-order valence-corrected chi connectivity index (χ0v) is 19.3. The molecular formula is C24H37N7O2. The van der Waals surface area contributed by atoms with Gasteiger partial charge in [0.2, 0.25) is 17.8 Å².